The van der Waals surface area contributed by atoms with Crippen LogP contribution in [-0.4, -0.2) is 6.54 Å². The zero-order chi connectivity index (χ0) is 12.4. The molecule has 1 saturated carbocycles. The second kappa shape index (κ2) is 4.65. The molecule has 0 radical (unpaired) electrons. The average molecular weight is 240 g/mol. The van der Waals surface area contributed by atoms with E-state index in [-0.39, 0.29) is 5.41 Å². The summed E-state index contributed by atoms with van der Waals surface area (Å²) >= 11 is 0. The van der Waals surface area contributed by atoms with Crippen molar-refractivity contribution in [3.05, 3.63) is 29.3 Å². The first-order chi connectivity index (χ1) is 8.83. The predicted molar refractivity (Wildman–Crippen MR) is 73.5 cm³/mol. The largest absolute Gasteiger partial charge is 0.384 e. The molecular weight excluding hydrogens is 220 g/mol. The zero-order valence-electron chi connectivity index (χ0n) is 10.8. The Hall–Kier alpha value is -1.49. The molecule has 94 valence electrons. The van der Waals surface area contributed by atoms with Gasteiger partial charge in [0, 0.05) is 24.1 Å². The van der Waals surface area contributed by atoms with Gasteiger partial charge in [0.1, 0.15) is 0 Å². The van der Waals surface area contributed by atoms with E-state index < -0.39 is 0 Å². The van der Waals surface area contributed by atoms with E-state index in [0.717, 1.165) is 6.54 Å². The number of benzene rings is 1. The quantitative estimate of drug-likeness (QED) is 0.871. The van der Waals surface area contributed by atoms with Gasteiger partial charge in [-0.2, -0.15) is 5.26 Å². The minimum Gasteiger partial charge on any atom is -0.384 e. The van der Waals surface area contributed by atoms with E-state index in [9.17, 15) is 0 Å². The summed E-state index contributed by atoms with van der Waals surface area (Å²) in [6, 6.07) is 8.96. The lowest BCUT2D eigenvalue weighted by atomic mass is 9.90. The molecule has 1 fully saturated rings. The summed E-state index contributed by atoms with van der Waals surface area (Å²) in [5.41, 5.74) is 4.65. The van der Waals surface area contributed by atoms with Crippen molar-refractivity contribution in [2.75, 3.05) is 11.9 Å². The summed E-state index contributed by atoms with van der Waals surface area (Å²) in [4.78, 5) is 0. The van der Waals surface area contributed by atoms with E-state index in [1.807, 2.05) is 0 Å². The molecule has 0 spiro atoms. The van der Waals surface area contributed by atoms with E-state index in [1.165, 1.54) is 55.3 Å². The van der Waals surface area contributed by atoms with Crippen molar-refractivity contribution < 1.29 is 0 Å². The Morgan fingerprint density at radius 1 is 1.22 bits per heavy atom. The first-order valence-corrected chi connectivity index (χ1v) is 7.05. The molecule has 0 bridgehead atoms. The normalized spacial score (nSPS) is 19.7. The number of nitrogens with zero attached hydrogens (tertiary/aromatic N) is 1. The number of anilines is 1. The van der Waals surface area contributed by atoms with Gasteiger partial charge in [-0.1, -0.05) is 12.1 Å². The number of rotatable bonds is 4. The van der Waals surface area contributed by atoms with Crippen molar-refractivity contribution >= 4 is 5.69 Å². The van der Waals surface area contributed by atoms with Gasteiger partial charge in [0.25, 0.3) is 0 Å². The van der Waals surface area contributed by atoms with Crippen LogP contribution < -0.4 is 5.32 Å². The standard InChI is InChI=1S/C16H20N2/c17-11-10-16(8-9-16)12-18-15-7-3-5-13-4-1-2-6-14(13)15/h3,5,7,18H,1-2,4,6,8-10,12H2. The number of hydrogen-bond donors (Lipinski definition) is 1. The molecule has 0 unspecified atom stereocenters. The van der Waals surface area contributed by atoms with E-state index in [0.29, 0.717) is 6.42 Å². The van der Waals surface area contributed by atoms with Crippen molar-refractivity contribution in [2.45, 2.75) is 44.9 Å². The van der Waals surface area contributed by atoms with Gasteiger partial charge >= 0.3 is 0 Å². The molecule has 1 aromatic rings. The van der Waals surface area contributed by atoms with Crippen molar-refractivity contribution in [3.63, 3.8) is 0 Å². The van der Waals surface area contributed by atoms with Crippen LogP contribution in [0.5, 0.6) is 0 Å². The molecule has 0 aliphatic heterocycles. The highest BCUT2D eigenvalue weighted by molar-refractivity contribution is 5.56. The topological polar surface area (TPSA) is 35.8 Å². The third kappa shape index (κ3) is 2.22. The Labute approximate surface area is 109 Å². The molecule has 2 aliphatic rings. The van der Waals surface area contributed by atoms with Crippen molar-refractivity contribution in [1.29, 1.82) is 5.26 Å². The molecule has 0 amide bonds. The van der Waals surface area contributed by atoms with Gasteiger partial charge in [-0.25, -0.2) is 0 Å². The van der Waals surface area contributed by atoms with Crippen LogP contribution in [0.2, 0.25) is 0 Å². The molecule has 0 aromatic heterocycles. The van der Waals surface area contributed by atoms with Crippen LogP contribution in [0.4, 0.5) is 5.69 Å². The molecule has 1 aromatic carbocycles. The second-order valence-electron chi connectivity index (χ2n) is 5.84. The lowest BCUT2D eigenvalue weighted by Crippen LogP contribution is -2.17. The van der Waals surface area contributed by atoms with Gasteiger partial charge in [0.05, 0.1) is 6.07 Å². The molecular formula is C16H20N2. The van der Waals surface area contributed by atoms with Gasteiger partial charge in [-0.15, -0.1) is 0 Å². The lowest BCUT2D eigenvalue weighted by Gasteiger charge is -2.21. The lowest BCUT2D eigenvalue weighted by molar-refractivity contribution is 0.556. The van der Waals surface area contributed by atoms with Crippen LogP contribution in [0.1, 0.15) is 43.2 Å². The number of nitrogens with one attached hydrogen (secondary N) is 1. The van der Waals surface area contributed by atoms with E-state index >= 15 is 0 Å². The summed E-state index contributed by atoms with van der Waals surface area (Å²) in [5.74, 6) is 0. The number of nitriles is 1. The van der Waals surface area contributed by atoms with E-state index in [1.54, 1.807) is 0 Å². The van der Waals surface area contributed by atoms with Gasteiger partial charge < -0.3 is 5.32 Å². The summed E-state index contributed by atoms with van der Waals surface area (Å²) < 4.78 is 0. The maximum absolute atomic E-state index is 8.85. The molecule has 0 heterocycles. The molecule has 18 heavy (non-hydrogen) atoms. The third-order valence-corrected chi connectivity index (χ3v) is 4.46. The van der Waals surface area contributed by atoms with Crippen LogP contribution in [0.15, 0.2) is 18.2 Å². The van der Waals surface area contributed by atoms with E-state index in [4.69, 9.17) is 5.26 Å². The van der Waals surface area contributed by atoms with E-state index in [2.05, 4.69) is 29.6 Å². The summed E-state index contributed by atoms with van der Waals surface area (Å²) in [6.07, 6.45) is 8.21. The Kier molecular flexibility index (Phi) is 2.99. The highest BCUT2D eigenvalue weighted by Gasteiger charge is 2.42. The van der Waals surface area contributed by atoms with Crippen LogP contribution in [0, 0.1) is 16.7 Å². The Bertz CT molecular complexity index is 480. The summed E-state index contributed by atoms with van der Waals surface area (Å²) in [5, 5.41) is 12.5. The fourth-order valence-corrected chi connectivity index (χ4v) is 2.99. The fraction of sp³-hybridized carbons (Fsp3) is 0.562. The highest BCUT2D eigenvalue weighted by atomic mass is 14.9. The third-order valence-electron chi connectivity index (χ3n) is 4.46. The summed E-state index contributed by atoms with van der Waals surface area (Å²) in [6.45, 7) is 0.969. The molecule has 0 saturated heterocycles. The number of hydrogen-bond acceptors (Lipinski definition) is 2. The fourth-order valence-electron chi connectivity index (χ4n) is 2.99. The van der Waals surface area contributed by atoms with Gasteiger partial charge in [-0.05, 0) is 55.7 Å². The first kappa shape index (κ1) is 11.6. The predicted octanol–water partition coefficient (Wildman–Crippen LogP) is 3.67. The smallest absolute Gasteiger partial charge is 0.0628 e. The Morgan fingerprint density at radius 2 is 2.06 bits per heavy atom. The monoisotopic (exact) mass is 240 g/mol. The minimum absolute atomic E-state index is 0.284. The van der Waals surface area contributed by atoms with Gasteiger partial charge in [0.15, 0.2) is 0 Å². The minimum atomic E-state index is 0.284. The average Bonchev–Trinajstić information content (AvgIpc) is 3.17. The van der Waals surface area contributed by atoms with Crippen molar-refractivity contribution in [1.82, 2.24) is 0 Å². The highest BCUT2D eigenvalue weighted by Crippen LogP contribution is 2.48. The zero-order valence-corrected chi connectivity index (χ0v) is 10.8. The number of fused-ring (bicyclic) bond motifs is 1. The second-order valence-corrected chi connectivity index (χ2v) is 5.84. The maximum atomic E-state index is 8.85. The van der Waals surface area contributed by atoms with Crippen LogP contribution in [0.25, 0.3) is 0 Å². The molecule has 0 atom stereocenters. The van der Waals surface area contributed by atoms with Crippen LogP contribution in [0.3, 0.4) is 0 Å². The van der Waals surface area contributed by atoms with Crippen LogP contribution >= 0.6 is 0 Å². The van der Waals surface area contributed by atoms with Crippen molar-refractivity contribution in [3.8, 4) is 6.07 Å². The molecule has 2 aliphatic carbocycles. The molecule has 2 heteroatoms. The molecule has 2 nitrogen and oxygen atoms in total. The maximum Gasteiger partial charge on any atom is 0.0628 e. The van der Waals surface area contributed by atoms with Crippen LogP contribution in [-0.2, 0) is 12.8 Å². The SMILES string of the molecule is N#CCC1(CNc2cccc3c2CCCC3)CC1. The molecule has 3 rings (SSSR count). The van der Waals surface area contributed by atoms with Gasteiger partial charge in [0.2, 0.25) is 0 Å². The van der Waals surface area contributed by atoms with Crippen molar-refractivity contribution in [2.24, 2.45) is 5.41 Å². The number of aryl methyl sites for hydroxylation is 1. The Balaban J connectivity index is 1.72. The molecule has 1 N–H and O–H groups in total. The van der Waals surface area contributed by atoms with Gasteiger partial charge in [-0.3, -0.25) is 0 Å². The Morgan fingerprint density at radius 3 is 2.83 bits per heavy atom. The summed E-state index contributed by atoms with van der Waals surface area (Å²) in [7, 11) is 0. The first-order valence-electron chi connectivity index (χ1n) is 7.05.